The van der Waals surface area contributed by atoms with Gasteiger partial charge in [-0.15, -0.1) is 11.3 Å². The van der Waals surface area contributed by atoms with Crippen molar-refractivity contribution < 1.29 is 9.90 Å². The first-order valence-corrected chi connectivity index (χ1v) is 8.91. The van der Waals surface area contributed by atoms with Crippen LogP contribution < -0.4 is 0 Å². The highest BCUT2D eigenvalue weighted by Gasteiger charge is 2.19. The van der Waals surface area contributed by atoms with E-state index in [1.165, 1.54) is 11.3 Å². The first-order valence-electron chi connectivity index (χ1n) is 7.69. The van der Waals surface area contributed by atoms with E-state index in [2.05, 4.69) is 0 Å². The van der Waals surface area contributed by atoms with E-state index in [-0.39, 0.29) is 11.7 Å². The maximum Gasteiger partial charge on any atom is 0.215 e. The second kappa shape index (κ2) is 6.27. The highest BCUT2D eigenvalue weighted by Crippen LogP contribution is 2.33. The summed E-state index contributed by atoms with van der Waals surface area (Å²) in [6.07, 6.45) is 5.39. The molecule has 1 N–H and O–H groups in total. The van der Waals surface area contributed by atoms with Crippen LogP contribution in [0, 0.1) is 3.95 Å². The van der Waals surface area contributed by atoms with Crippen LogP contribution in [-0.4, -0.2) is 15.5 Å². The Labute approximate surface area is 153 Å². The molecular weight excluding hydrogens is 350 g/mol. The van der Waals surface area contributed by atoms with Crippen LogP contribution in [0.25, 0.3) is 17.8 Å². The Morgan fingerprint density at radius 2 is 1.72 bits per heavy atom. The van der Waals surface area contributed by atoms with E-state index in [4.69, 9.17) is 12.2 Å². The third kappa shape index (κ3) is 2.77. The lowest BCUT2D eigenvalue weighted by atomic mass is 9.92. The zero-order chi connectivity index (χ0) is 17.4. The first kappa shape index (κ1) is 15.7. The molecule has 3 nitrogen and oxygen atoms in total. The Hall–Kier alpha value is -2.76. The molecule has 2 aromatic carbocycles. The summed E-state index contributed by atoms with van der Waals surface area (Å²) >= 11 is 6.67. The Balaban J connectivity index is 1.79. The molecule has 5 heteroatoms. The minimum atomic E-state index is -0.0527. The third-order valence-electron chi connectivity index (χ3n) is 4.02. The Kier molecular flexibility index (Phi) is 3.95. The van der Waals surface area contributed by atoms with E-state index in [9.17, 15) is 9.90 Å². The van der Waals surface area contributed by atoms with E-state index in [1.807, 2.05) is 60.7 Å². The van der Waals surface area contributed by atoms with Crippen molar-refractivity contribution >= 4 is 41.5 Å². The van der Waals surface area contributed by atoms with E-state index in [1.54, 1.807) is 16.7 Å². The van der Waals surface area contributed by atoms with Crippen LogP contribution in [0.3, 0.4) is 0 Å². The predicted molar refractivity (Wildman–Crippen MR) is 104 cm³/mol. The molecule has 0 aliphatic heterocycles. The number of thiazole rings is 1. The van der Waals surface area contributed by atoms with Gasteiger partial charge in [0.15, 0.2) is 9.74 Å². The smallest absolute Gasteiger partial charge is 0.215 e. The maximum absolute atomic E-state index is 12.7. The number of allylic oxidation sites excluding steroid dienone is 2. The van der Waals surface area contributed by atoms with Gasteiger partial charge in [-0.3, -0.25) is 9.36 Å². The molecule has 0 radical (unpaired) electrons. The summed E-state index contributed by atoms with van der Waals surface area (Å²) in [6, 6.07) is 16.9. The van der Waals surface area contributed by atoms with Crippen molar-refractivity contribution in [1.82, 2.24) is 4.57 Å². The Morgan fingerprint density at radius 3 is 2.52 bits per heavy atom. The standard InChI is InChI=1S/C20H13NO2S2/c22-18-14(11-10-13-6-4-5-9-16(13)18)12-17-19(23)21(20(24)25-17)15-7-2-1-3-8-15/h1-12,23H/b14-12+. The summed E-state index contributed by atoms with van der Waals surface area (Å²) in [5.41, 5.74) is 2.90. The Morgan fingerprint density at radius 1 is 1.00 bits per heavy atom. The fourth-order valence-corrected chi connectivity index (χ4v) is 4.10. The highest BCUT2D eigenvalue weighted by atomic mass is 32.1. The van der Waals surface area contributed by atoms with E-state index < -0.39 is 0 Å². The van der Waals surface area contributed by atoms with Crippen LogP contribution in [0.2, 0.25) is 0 Å². The van der Waals surface area contributed by atoms with Gasteiger partial charge >= 0.3 is 0 Å². The van der Waals surface area contributed by atoms with Crippen LogP contribution in [0.4, 0.5) is 0 Å². The lowest BCUT2D eigenvalue weighted by Crippen LogP contribution is -2.07. The van der Waals surface area contributed by atoms with Crippen molar-refractivity contribution in [2.24, 2.45) is 0 Å². The summed E-state index contributed by atoms with van der Waals surface area (Å²) in [4.78, 5) is 13.2. The topological polar surface area (TPSA) is 42.2 Å². The van der Waals surface area contributed by atoms with Crippen molar-refractivity contribution in [2.75, 3.05) is 0 Å². The molecule has 0 amide bonds. The van der Waals surface area contributed by atoms with Crippen LogP contribution >= 0.6 is 23.6 Å². The molecule has 1 aliphatic carbocycles. The predicted octanol–water partition coefficient (Wildman–Crippen LogP) is 5.27. The average molecular weight is 363 g/mol. The second-order valence-corrected chi connectivity index (χ2v) is 7.25. The largest absolute Gasteiger partial charge is 0.493 e. The molecule has 4 rings (SSSR count). The number of rotatable bonds is 2. The summed E-state index contributed by atoms with van der Waals surface area (Å²) in [6.45, 7) is 0. The van der Waals surface area contributed by atoms with E-state index in [0.29, 0.717) is 20.0 Å². The number of carbonyl (C=O) groups excluding carboxylic acids is 1. The summed E-state index contributed by atoms with van der Waals surface area (Å²) in [7, 11) is 0. The molecule has 0 fully saturated rings. The van der Waals surface area contributed by atoms with Gasteiger partial charge in [-0.2, -0.15) is 0 Å². The number of fused-ring (bicyclic) bond motifs is 1. The van der Waals surface area contributed by atoms with Crippen LogP contribution in [0.1, 0.15) is 20.8 Å². The lowest BCUT2D eigenvalue weighted by Gasteiger charge is -2.11. The van der Waals surface area contributed by atoms with Gasteiger partial charge < -0.3 is 5.11 Å². The number of para-hydroxylation sites is 1. The number of hydrogen-bond acceptors (Lipinski definition) is 4. The van der Waals surface area contributed by atoms with Gasteiger partial charge in [0.1, 0.15) is 0 Å². The van der Waals surface area contributed by atoms with Gasteiger partial charge in [0.05, 0.1) is 10.6 Å². The summed E-state index contributed by atoms with van der Waals surface area (Å²) in [5.74, 6) is -0.00293. The highest BCUT2D eigenvalue weighted by molar-refractivity contribution is 7.73. The number of aromatic hydroxyl groups is 1. The van der Waals surface area contributed by atoms with Gasteiger partial charge in [0.2, 0.25) is 5.88 Å². The fraction of sp³-hybridized carbons (Fsp3) is 0. The summed E-state index contributed by atoms with van der Waals surface area (Å²) < 4.78 is 2.14. The molecule has 0 saturated carbocycles. The van der Waals surface area contributed by atoms with E-state index in [0.717, 1.165) is 11.3 Å². The minimum Gasteiger partial charge on any atom is -0.493 e. The fourth-order valence-electron chi connectivity index (χ4n) is 2.80. The number of nitrogens with zero attached hydrogens (tertiary/aromatic N) is 1. The monoisotopic (exact) mass is 363 g/mol. The number of carbonyl (C=O) groups is 1. The third-order valence-corrected chi connectivity index (χ3v) is 5.33. The molecule has 0 bridgehead atoms. The zero-order valence-electron chi connectivity index (χ0n) is 13.0. The first-order chi connectivity index (χ1) is 12.1. The number of Topliss-reactive ketones (excluding diaryl/α,β-unsaturated/α-hetero) is 1. The average Bonchev–Trinajstić information content (AvgIpc) is 2.92. The lowest BCUT2D eigenvalue weighted by molar-refractivity contribution is 0.103. The molecular formula is C20H13NO2S2. The number of aromatic nitrogens is 1. The van der Waals surface area contributed by atoms with Gasteiger partial charge in [0.25, 0.3) is 0 Å². The molecule has 0 spiro atoms. The van der Waals surface area contributed by atoms with Gasteiger partial charge in [0, 0.05) is 11.1 Å². The number of ketones is 1. The second-order valence-electron chi connectivity index (χ2n) is 5.58. The van der Waals surface area contributed by atoms with Gasteiger partial charge in [-0.05, 0) is 36.0 Å². The van der Waals surface area contributed by atoms with Crippen LogP contribution in [0.5, 0.6) is 5.88 Å². The SMILES string of the molecule is O=C1/C(=C/c2sc(=S)n(-c3ccccc3)c2O)C=Cc2ccccc21. The van der Waals surface area contributed by atoms with Crippen LogP contribution in [-0.2, 0) is 0 Å². The van der Waals surface area contributed by atoms with E-state index >= 15 is 0 Å². The van der Waals surface area contributed by atoms with Crippen molar-refractivity contribution in [3.8, 4) is 11.6 Å². The van der Waals surface area contributed by atoms with Crippen molar-refractivity contribution in [2.45, 2.75) is 0 Å². The molecule has 0 unspecified atom stereocenters. The number of hydrogen-bond donors (Lipinski definition) is 1. The Bertz CT molecular complexity index is 1090. The number of benzene rings is 2. The van der Waals surface area contributed by atoms with Crippen molar-refractivity contribution in [3.63, 3.8) is 0 Å². The maximum atomic E-state index is 12.7. The van der Waals surface area contributed by atoms with Crippen molar-refractivity contribution in [3.05, 3.63) is 86.2 Å². The molecule has 1 aliphatic rings. The van der Waals surface area contributed by atoms with Crippen LogP contribution in [0.15, 0.2) is 66.2 Å². The molecule has 122 valence electrons. The molecule has 1 heterocycles. The molecule has 25 heavy (non-hydrogen) atoms. The molecule has 0 atom stereocenters. The van der Waals surface area contributed by atoms with Gasteiger partial charge in [-0.25, -0.2) is 0 Å². The molecule has 1 aromatic heterocycles. The molecule has 0 saturated heterocycles. The summed E-state index contributed by atoms with van der Waals surface area (Å²) in [5, 5.41) is 10.6. The quantitative estimate of drug-likeness (QED) is 0.498. The normalized spacial score (nSPS) is 14.7. The molecule has 3 aromatic rings. The zero-order valence-corrected chi connectivity index (χ0v) is 14.7. The van der Waals surface area contributed by atoms with Crippen molar-refractivity contribution in [1.29, 1.82) is 0 Å². The van der Waals surface area contributed by atoms with Gasteiger partial charge in [-0.1, -0.05) is 54.6 Å². The minimum absolute atomic E-state index is 0.0498.